The van der Waals surface area contributed by atoms with E-state index < -0.39 is 35.0 Å². The number of carbonyl (C=O) groups excluding carboxylic acids is 3. The van der Waals surface area contributed by atoms with Crippen LogP contribution in [0.15, 0.2) is 18.2 Å². The van der Waals surface area contributed by atoms with Crippen molar-refractivity contribution >= 4 is 51.4 Å². The van der Waals surface area contributed by atoms with E-state index in [0.29, 0.717) is 11.4 Å². The van der Waals surface area contributed by atoms with Crippen molar-refractivity contribution in [2.75, 3.05) is 11.9 Å². The third-order valence-corrected chi connectivity index (χ3v) is 5.57. The van der Waals surface area contributed by atoms with Crippen LogP contribution in [0.25, 0.3) is 0 Å². The summed E-state index contributed by atoms with van der Waals surface area (Å²) in [4.78, 5) is 47.3. The Morgan fingerprint density at radius 2 is 2.07 bits per heavy atom. The lowest BCUT2D eigenvalue weighted by molar-refractivity contribution is -0.385. The van der Waals surface area contributed by atoms with Crippen molar-refractivity contribution in [2.45, 2.75) is 19.3 Å². The van der Waals surface area contributed by atoms with E-state index in [4.69, 9.17) is 22.1 Å². The molecule has 3 rings (SSSR count). The molecule has 0 bridgehead atoms. The first-order valence-electron chi connectivity index (χ1n) is 8.13. The van der Waals surface area contributed by atoms with Gasteiger partial charge in [-0.25, -0.2) is 4.79 Å². The molecule has 11 heteroatoms. The van der Waals surface area contributed by atoms with Gasteiger partial charge in [0.05, 0.1) is 10.5 Å². The minimum Gasteiger partial charge on any atom is -0.452 e. The number of benzene rings is 1. The van der Waals surface area contributed by atoms with E-state index in [1.807, 2.05) is 0 Å². The number of nitrogens with two attached hydrogens (primary N) is 1. The number of hydrogen-bond donors (Lipinski definition) is 2. The lowest BCUT2D eigenvalue weighted by Crippen LogP contribution is -2.23. The lowest BCUT2D eigenvalue weighted by Gasteiger charge is -2.07. The predicted octanol–water partition coefficient (Wildman–Crippen LogP) is 2.69. The number of fused-ring (bicyclic) bond motifs is 1. The molecule has 1 aromatic carbocycles. The zero-order chi connectivity index (χ0) is 20.4. The van der Waals surface area contributed by atoms with Gasteiger partial charge in [-0.05, 0) is 37.0 Å². The fourth-order valence-electron chi connectivity index (χ4n) is 2.96. The first-order valence-corrected chi connectivity index (χ1v) is 9.32. The normalized spacial score (nSPS) is 12.3. The van der Waals surface area contributed by atoms with E-state index >= 15 is 0 Å². The molecule has 0 fully saturated rings. The Hall–Kier alpha value is -2.98. The fourth-order valence-corrected chi connectivity index (χ4v) is 4.44. The van der Waals surface area contributed by atoms with E-state index in [2.05, 4.69) is 5.32 Å². The second kappa shape index (κ2) is 7.95. The first-order chi connectivity index (χ1) is 13.3. The standard InChI is InChI=1S/C17H14ClN3O6S/c18-8-4-5-11(21(25)26)10(6-8)17(24)27-7-13(22)20-16-14(15(19)23)9-2-1-3-12(9)28-16/h4-6H,1-3,7H2,(H2,19,23)(H,20,22). The largest absolute Gasteiger partial charge is 0.452 e. The van der Waals surface area contributed by atoms with Gasteiger partial charge in [-0.3, -0.25) is 19.7 Å². The molecule has 2 amide bonds. The average molecular weight is 424 g/mol. The summed E-state index contributed by atoms with van der Waals surface area (Å²) in [6.45, 7) is -0.691. The summed E-state index contributed by atoms with van der Waals surface area (Å²) in [6, 6.07) is 3.44. The maximum Gasteiger partial charge on any atom is 0.345 e. The van der Waals surface area contributed by atoms with Crippen LogP contribution in [0, 0.1) is 10.1 Å². The SMILES string of the molecule is NC(=O)c1c(NC(=O)COC(=O)c2cc(Cl)ccc2[N+](=O)[O-])sc2c1CCC2. The van der Waals surface area contributed by atoms with E-state index in [-0.39, 0.29) is 16.1 Å². The number of rotatable bonds is 6. The topological polar surface area (TPSA) is 142 Å². The smallest absolute Gasteiger partial charge is 0.345 e. The molecule has 28 heavy (non-hydrogen) atoms. The summed E-state index contributed by atoms with van der Waals surface area (Å²) in [5.41, 5.74) is 5.70. The third kappa shape index (κ3) is 3.97. The zero-order valence-corrected chi connectivity index (χ0v) is 15.9. The zero-order valence-electron chi connectivity index (χ0n) is 14.3. The van der Waals surface area contributed by atoms with Crippen LogP contribution in [0.2, 0.25) is 5.02 Å². The minimum atomic E-state index is -1.06. The summed E-state index contributed by atoms with van der Waals surface area (Å²) in [7, 11) is 0. The molecule has 0 saturated heterocycles. The maximum absolute atomic E-state index is 12.1. The van der Waals surface area contributed by atoms with Gasteiger partial charge in [0.1, 0.15) is 10.6 Å². The van der Waals surface area contributed by atoms with Gasteiger partial charge in [0.25, 0.3) is 17.5 Å². The highest BCUT2D eigenvalue weighted by Gasteiger charge is 2.27. The number of hydrogen-bond acceptors (Lipinski definition) is 7. The Morgan fingerprint density at radius 3 is 2.75 bits per heavy atom. The number of nitrogens with zero attached hydrogens (tertiary/aromatic N) is 1. The molecule has 0 aliphatic heterocycles. The van der Waals surface area contributed by atoms with Crippen LogP contribution in [0.1, 0.15) is 37.6 Å². The summed E-state index contributed by atoms with van der Waals surface area (Å²) < 4.78 is 4.86. The Kier molecular flexibility index (Phi) is 5.61. The number of halogens is 1. The quantitative estimate of drug-likeness (QED) is 0.415. The molecule has 146 valence electrons. The van der Waals surface area contributed by atoms with Crippen LogP contribution >= 0.6 is 22.9 Å². The van der Waals surface area contributed by atoms with Crippen molar-refractivity contribution in [3.63, 3.8) is 0 Å². The van der Waals surface area contributed by atoms with Gasteiger partial charge < -0.3 is 15.8 Å². The Labute approximate surface area is 167 Å². The van der Waals surface area contributed by atoms with Crippen molar-refractivity contribution in [2.24, 2.45) is 5.73 Å². The van der Waals surface area contributed by atoms with Crippen LogP contribution in [0.5, 0.6) is 0 Å². The summed E-state index contributed by atoms with van der Waals surface area (Å²) >= 11 is 7.03. The molecule has 1 aliphatic carbocycles. The second-order valence-electron chi connectivity index (χ2n) is 5.97. The molecule has 0 saturated carbocycles. The number of ether oxygens (including phenoxy) is 1. The number of anilines is 1. The van der Waals surface area contributed by atoms with Crippen molar-refractivity contribution in [1.82, 2.24) is 0 Å². The van der Waals surface area contributed by atoms with Gasteiger partial charge in [0.15, 0.2) is 6.61 Å². The number of amides is 2. The molecule has 3 N–H and O–H groups in total. The fraction of sp³-hybridized carbons (Fsp3) is 0.235. The molecule has 0 radical (unpaired) electrons. The highest BCUT2D eigenvalue weighted by atomic mass is 35.5. The number of nitrogens with one attached hydrogen (secondary N) is 1. The molecule has 1 aliphatic rings. The van der Waals surface area contributed by atoms with Crippen LogP contribution in [-0.2, 0) is 22.4 Å². The number of primary amides is 1. The monoisotopic (exact) mass is 423 g/mol. The van der Waals surface area contributed by atoms with Gasteiger partial charge in [-0.15, -0.1) is 11.3 Å². The number of nitro benzene ring substituents is 1. The molecule has 0 atom stereocenters. The van der Waals surface area contributed by atoms with Gasteiger partial charge in [-0.2, -0.15) is 0 Å². The molecule has 0 unspecified atom stereocenters. The minimum absolute atomic E-state index is 0.112. The lowest BCUT2D eigenvalue weighted by atomic mass is 10.1. The van der Waals surface area contributed by atoms with E-state index in [9.17, 15) is 24.5 Å². The van der Waals surface area contributed by atoms with Crippen molar-refractivity contribution in [3.8, 4) is 0 Å². The molecular formula is C17H14ClN3O6S. The summed E-state index contributed by atoms with van der Waals surface area (Å²) in [5, 5.41) is 14.0. The van der Waals surface area contributed by atoms with Crippen molar-refractivity contribution in [3.05, 3.63) is 54.9 Å². The second-order valence-corrected chi connectivity index (χ2v) is 7.51. The number of esters is 1. The summed E-state index contributed by atoms with van der Waals surface area (Å²) in [6.07, 6.45) is 2.45. The van der Waals surface area contributed by atoms with Crippen LogP contribution in [-0.4, -0.2) is 29.3 Å². The summed E-state index contributed by atoms with van der Waals surface area (Å²) in [5.74, 6) is -2.39. The number of nitro groups is 1. The van der Waals surface area contributed by atoms with Gasteiger partial charge in [0.2, 0.25) is 0 Å². The molecule has 9 nitrogen and oxygen atoms in total. The molecule has 0 spiro atoms. The number of aryl methyl sites for hydroxylation is 1. The highest BCUT2D eigenvalue weighted by Crippen LogP contribution is 2.38. The highest BCUT2D eigenvalue weighted by molar-refractivity contribution is 7.17. The predicted molar refractivity (Wildman–Crippen MR) is 102 cm³/mol. The average Bonchev–Trinajstić information content (AvgIpc) is 3.19. The maximum atomic E-state index is 12.1. The number of thiophene rings is 1. The van der Waals surface area contributed by atoms with E-state index in [1.54, 1.807) is 0 Å². The van der Waals surface area contributed by atoms with Crippen molar-refractivity contribution < 1.29 is 24.0 Å². The van der Waals surface area contributed by atoms with E-state index in [1.165, 1.54) is 17.4 Å². The van der Waals surface area contributed by atoms with Gasteiger partial charge in [0, 0.05) is 16.0 Å². The molecule has 1 aromatic heterocycles. The van der Waals surface area contributed by atoms with Crippen LogP contribution < -0.4 is 11.1 Å². The molecular weight excluding hydrogens is 410 g/mol. The Bertz CT molecular complexity index is 1000. The van der Waals surface area contributed by atoms with E-state index in [0.717, 1.165) is 35.4 Å². The van der Waals surface area contributed by atoms with Gasteiger partial charge >= 0.3 is 5.97 Å². The van der Waals surface area contributed by atoms with Gasteiger partial charge in [-0.1, -0.05) is 11.6 Å². The molecule has 2 aromatic rings. The van der Waals surface area contributed by atoms with Crippen molar-refractivity contribution in [1.29, 1.82) is 0 Å². The van der Waals surface area contributed by atoms with Crippen LogP contribution in [0.4, 0.5) is 10.7 Å². The third-order valence-electron chi connectivity index (χ3n) is 4.13. The first kappa shape index (κ1) is 19.8. The Balaban J connectivity index is 1.69. The Morgan fingerprint density at radius 1 is 1.32 bits per heavy atom. The number of carbonyl (C=O) groups is 3. The molecule has 1 heterocycles. The van der Waals surface area contributed by atoms with Crippen LogP contribution in [0.3, 0.4) is 0 Å².